The number of amides is 1. The van der Waals surface area contributed by atoms with Crippen LogP contribution in [-0.4, -0.2) is 11.9 Å². The van der Waals surface area contributed by atoms with E-state index in [1.165, 1.54) is 24.0 Å². The number of hydrogen-bond acceptors (Lipinski definition) is 2. The van der Waals surface area contributed by atoms with E-state index < -0.39 is 0 Å². The molecule has 1 aromatic rings. The van der Waals surface area contributed by atoms with Crippen LogP contribution in [0.2, 0.25) is 0 Å². The predicted molar refractivity (Wildman–Crippen MR) is 89.4 cm³/mol. The maximum atomic E-state index is 12.8. The van der Waals surface area contributed by atoms with Gasteiger partial charge in [-0.3, -0.25) is 4.79 Å². The van der Waals surface area contributed by atoms with Gasteiger partial charge in [-0.05, 0) is 44.6 Å². The molecule has 2 fully saturated rings. The summed E-state index contributed by atoms with van der Waals surface area (Å²) in [5, 5.41) is 3.43. The van der Waals surface area contributed by atoms with Gasteiger partial charge in [-0.25, -0.2) is 0 Å². The van der Waals surface area contributed by atoms with Crippen LogP contribution < -0.4 is 11.1 Å². The highest BCUT2D eigenvalue weighted by Crippen LogP contribution is 2.39. The normalized spacial score (nSPS) is 27.5. The van der Waals surface area contributed by atoms with Crippen molar-refractivity contribution >= 4 is 5.91 Å². The second kappa shape index (κ2) is 6.41. The molecule has 0 heterocycles. The molecule has 0 bridgehead atoms. The smallest absolute Gasteiger partial charge is 0.223 e. The van der Waals surface area contributed by atoms with E-state index in [-0.39, 0.29) is 23.4 Å². The van der Waals surface area contributed by atoms with Crippen molar-refractivity contribution in [1.29, 1.82) is 0 Å². The number of benzene rings is 1. The highest BCUT2D eigenvalue weighted by molar-refractivity contribution is 5.80. The minimum atomic E-state index is -0.148. The molecule has 2 aliphatic carbocycles. The Morgan fingerprint density at radius 1 is 1.23 bits per heavy atom. The molecule has 0 spiro atoms. The van der Waals surface area contributed by atoms with Crippen LogP contribution in [0.4, 0.5) is 0 Å². The molecule has 0 aliphatic heterocycles. The third kappa shape index (κ3) is 3.19. The number of aryl methyl sites for hydroxylation is 1. The van der Waals surface area contributed by atoms with Gasteiger partial charge in [0.15, 0.2) is 0 Å². The minimum Gasteiger partial charge on any atom is -0.346 e. The first kappa shape index (κ1) is 15.5. The molecule has 0 aromatic heterocycles. The van der Waals surface area contributed by atoms with Crippen molar-refractivity contribution in [2.45, 2.75) is 69.9 Å². The van der Waals surface area contributed by atoms with Crippen LogP contribution in [0.25, 0.3) is 0 Å². The van der Waals surface area contributed by atoms with Crippen molar-refractivity contribution in [3.05, 3.63) is 35.4 Å². The van der Waals surface area contributed by atoms with Crippen molar-refractivity contribution in [1.82, 2.24) is 5.32 Å². The molecule has 2 atom stereocenters. The maximum Gasteiger partial charge on any atom is 0.223 e. The molecule has 0 saturated heterocycles. The lowest BCUT2D eigenvalue weighted by Gasteiger charge is -2.35. The van der Waals surface area contributed by atoms with Gasteiger partial charge in [-0.15, -0.1) is 0 Å². The molecule has 0 radical (unpaired) electrons. The fraction of sp³-hybridized carbons (Fsp3) is 0.632. The molecule has 3 nitrogen and oxygen atoms in total. The van der Waals surface area contributed by atoms with Gasteiger partial charge in [0, 0.05) is 12.0 Å². The third-order valence-electron chi connectivity index (χ3n) is 5.48. The highest BCUT2D eigenvalue weighted by Gasteiger charge is 2.39. The van der Waals surface area contributed by atoms with Crippen LogP contribution in [0.5, 0.6) is 0 Å². The van der Waals surface area contributed by atoms with Crippen LogP contribution in [0, 0.1) is 12.8 Å². The zero-order valence-corrected chi connectivity index (χ0v) is 13.6. The van der Waals surface area contributed by atoms with Gasteiger partial charge in [0.25, 0.3) is 0 Å². The van der Waals surface area contributed by atoms with E-state index in [1.54, 1.807) is 0 Å². The summed E-state index contributed by atoms with van der Waals surface area (Å²) in [5.74, 6) is 0.324. The highest BCUT2D eigenvalue weighted by atomic mass is 16.2. The Hall–Kier alpha value is -1.35. The van der Waals surface area contributed by atoms with Crippen LogP contribution >= 0.6 is 0 Å². The number of rotatable bonds is 3. The molecule has 22 heavy (non-hydrogen) atoms. The van der Waals surface area contributed by atoms with Gasteiger partial charge >= 0.3 is 0 Å². The van der Waals surface area contributed by atoms with Crippen molar-refractivity contribution < 1.29 is 4.79 Å². The van der Waals surface area contributed by atoms with Crippen LogP contribution in [0.15, 0.2) is 24.3 Å². The quantitative estimate of drug-likeness (QED) is 0.899. The van der Waals surface area contributed by atoms with Gasteiger partial charge in [0.1, 0.15) is 0 Å². The fourth-order valence-corrected chi connectivity index (χ4v) is 4.21. The topological polar surface area (TPSA) is 55.1 Å². The van der Waals surface area contributed by atoms with E-state index in [0.717, 1.165) is 38.5 Å². The second-order valence-corrected chi connectivity index (χ2v) is 7.27. The molecule has 3 heteroatoms. The molecule has 2 unspecified atom stereocenters. The summed E-state index contributed by atoms with van der Waals surface area (Å²) >= 11 is 0. The van der Waals surface area contributed by atoms with E-state index in [1.807, 2.05) is 0 Å². The Morgan fingerprint density at radius 2 is 2.00 bits per heavy atom. The molecular weight excluding hydrogens is 272 g/mol. The number of carbonyl (C=O) groups excluding carboxylic acids is 1. The summed E-state index contributed by atoms with van der Waals surface area (Å²) in [7, 11) is 0. The molecular formula is C19H28N2O. The van der Waals surface area contributed by atoms with Crippen molar-refractivity contribution in [3.8, 4) is 0 Å². The largest absolute Gasteiger partial charge is 0.346 e. The average molecular weight is 300 g/mol. The Balaban J connectivity index is 1.78. The number of carbonyl (C=O) groups is 1. The molecule has 3 N–H and O–H groups in total. The summed E-state index contributed by atoms with van der Waals surface area (Å²) in [4.78, 5) is 12.8. The monoisotopic (exact) mass is 300 g/mol. The van der Waals surface area contributed by atoms with Crippen LogP contribution in [-0.2, 0) is 10.3 Å². The van der Waals surface area contributed by atoms with Gasteiger partial charge < -0.3 is 11.1 Å². The fourth-order valence-electron chi connectivity index (χ4n) is 4.21. The summed E-state index contributed by atoms with van der Waals surface area (Å²) in [6.07, 6.45) is 8.47. The van der Waals surface area contributed by atoms with Crippen molar-refractivity contribution in [2.24, 2.45) is 11.7 Å². The van der Waals surface area contributed by atoms with Gasteiger partial charge in [-0.1, -0.05) is 49.1 Å². The van der Waals surface area contributed by atoms with Crippen LogP contribution in [0.3, 0.4) is 0 Å². The Kier molecular flexibility index (Phi) is 4.53. The molecule has 120 valence electrons. The summed E-state index contributed by atoms with van der Waals surface area (Å²) < 4.78 is 0. The van der Waals surface area contributed by atoms with Crippen molar-refractivity contribution in [3.63, 3.8) is 0 Å². The van der Waals surface area contributed by atoms with E-state index >= 15 is 0 Å². The van der Waals surface area contributed by atoms with E-state index in [9.17, 15) is 4.79 Å². The molecule has 2 aliphatic rings. The average Bonchev–Trinajstić information content (AvgIpc) is 2.97. The summed E-state index contributed by atoms with van der Waals surface area (Å²) in [5.41, 5.74) is 8.44. The Labute approximate surface area is 133 Å². The first-order valence-electron chi connectivity index (χ1n) is 8.74. The lowest BCUT2D eigenvalue weighted by molar-refractivity contribution is -0.128. The molecule has 2 saturated carbocycles. The first-order valence-corrected chi connectivity index (χ1v) is 8.74. The standard InChI is InChI=1S/C19H28N2O/c1-14-6-4-8-16(12-14)19(10-2-3-11-19)21-18(22)15-7-5-9-17(20)13-15/h4,6,8,12,15,17H,2-3,5,7,9-11,13,20H2,1H3,(H,21,22). The SMILES string of the molecule is Cc1cccc(C2(NC(=O)C3CCCC(N)C3)CCCC2)c1. The zero-order valence-electron chi connectivity index (χ0n) is 13.6. The van der Waals surface area contributed by atoms with Crippen LogP contribution in [0.1, 0.15) is 62.5 Å². The maximum absolute atomic E-state index is 12.8. The zero-order chi connectivity index (χ0) is 15.6. The van der Waals surface area contributed by atoms with Crippen molar-refractivity contribution in [2.75, 3.05) is 0 Å². The summed E-state index contributed by atoms with van der Waals surface area (Å²) in [6.45, 7) is 2.12. The van der Waals surface area contributed by atoms with E-state index in [2.05, 4.69) is 36.5 Å². The van der Waals surface area contributed by atoms with Gasteiger partial charge in [-0.2, -0.15) is 0 Å². The lowest BCUT2D eigenvalue weighted by atomic mass is 9.83. The molecule has 1 amide bonds. The number of nitrogens with one attached hydrogen (secondary N) is 1. The predicted octanol–water partition coefficient (Wildman–Crippen LogP) is 3.40. The Bertz CT molecular complexity index is 534. The van der Waals surface area contributed by atoms with E-state index in [4.69, 9.17) is 5.73 Å². The minimum absolute atomic E-state index is 0.103. The number of hydrogen-bond donors (Lipinski definition) is 2. The van der Waals surface area contributed by atoms with Gasteiger partial charge in [0.2, 0.25) is 5.91 Å². The lowest BCUT2D eigenvalue weighted by Crippen LogP contribution is -2.48. The summed E-state index contributed by atoms with van der Waals surface area (Å²) in [6, 6.07) is 8.83. The van der Waals surface area contributed by atoms with E-state index in [0.29, 0.717) is 0 Å². The van der Waals surface area contributed by atoms with Gasteiger partial charge in [0.05, 0.1) is 5.54 Å². The number of nitrogens with two attached hydrogens (primary N) is 1. The molecule has 3 rings (SSSR count). The Morgan fingerprint density at radius 3 is 2.68 bits per heavy atom. The first-order chi connectivity index (χ1) is 10.6. The molecule has 1 aromatic carbocycles. The third-order valence-corrected chi connectivity index (χ3v) is 5.48. The second-order valence-electron chi connectivity index (χ2n) is 7.27.